The minimum Gasteiger partial charge on any atom is -0.486 e. The number of nitrogens with zero attached hydrogens (tertiary/aromatic N) is 2. The van der Waals surface area contributed by atoms with E-state index in [1.54, 1.807) is 29.1 Å². The van der Waals surface area contributed by atoms with Crippen LogP contribution in [0.25, 0.3) is 11.4 Å². The summed E-state index contributed by atoms with van der Waals surface area (Å²) in [6.45, 7) is 1.01. The van der Waals surface area contributed by atoms with Gasteiger partial charge in [0.2, 0.25) is 0 Å². The van der Waals surface area contributed by atoms with Gasteiger partial charge >= 0.3 is 5.97 Å². The number of furan rings is 1. The number of hydrogen-bond acceptors (Lipinski definition) is 5. The van der Waals surface area contributed by atoms with Crippen LogP contribution in [0.3, 0.4) is 0 Å². The number of carboxylic acid groups (broad SMARTS) is 1. The van der Waals surface area contributed by atoms with Crippen LogP contribution >= 0.6 is 0 Å². The normalized spacial score (nSPS) is 14.2. The molecule has 2 aromatic heterocycles. The molecule has 0 spiro atoms. The summed E-state index contributed by atoms with van der Waals surface area (Å²) in [7, 11) is 0. The minimum absolute atomic E-state index is 0.232. The molecule has 3 heterocycles. The summed E-state index contributed by atoms with van der Waals surface area (Å²) < 4.78 is 18.1. The number of carbonyl (C=O) groups is 1. The molecule has 3 aromatic rings. The lowest BCUT2D eigenvalue weighted by molar-refractivity contribution is -0.140. The van der Waals surface area contributed by atoms with Crippen LogP contribution < -0.4 is 9.47 Å². The fourth-order valence-corrected chi connectivity index (χ4v) is 2.89. The third kappa shape index (κ3) is 2.96. The molecule has 128 valence electrons. The lowest BCUT2D eigenvalue weighted by Crippen LogP contribution is -2.21. The summed E-state index contributed by atoms with van der Waals surface area (Å²) in [4.78, 5) is 16.1. The zero-order valence-electron chi connectivity index (χ0n) is 13.3. The Hall–Kier alpha value is -3.22. The van der Waals surface area contributed by atoms with Crippen LogP contribution in [-0.2, 0) is 11.2 Å². The van der Waals surface area contributed by atoms with Gasteiger partial charge in [0.15, 0.2) is 11.5 Å². The van der Waals surface area contributed by atoms with Gasteiger partial charge in [0.1, 0.15) is 30.8 Å². The fraction of sp³-hybridized carbons (Fsp3) is 0.222. The van der Waals surface area contributed by atoms with E-state index < -0.39 is 12.0 Å². The molecule has 0 amide bonds. The van der Waals surface area contributed by atoms with Crippen molar-refractivity contribution in [1.82, 2.24) is 9.55 Å². The van der Waals surface area contributed by atoms with Gasteiger partial charge in [-0.3, -0.25) is 0 Å². The molecule has 1 aliphatic rings. The van der Waals surface area contributed by atoms with Gasteiger partial charge in [-0.15, -0.1) is 0 Å². The first kappa shape index (κ1) is 15.3. The molecule has 1 aliphatic heterocycles. The first-order valence-corrected chi connectivity index (χ1v) is 7.90. The number of fused-ring (bicyclic) bond motifs is 1. The van der Waals surface area contributed by atoms with Gasteiger partial charge < -0.3 is 23.6 Å². The highest BCUT2D eigenvalue weighted by Crippen LogP contribution is 2.35. The van der Waals surface area contributed by atoms with Crippen molar-refractivity contribution in [2.75, 3.05) is 13.2 Å². The van der Waals surface area contributed by atoms with Crippen LogP contribution in [0.1, 0.15) is 11.8 Å². The molecule has 1 aromatic carbocycles. The molecule has 0 saturated carbocycles. The highest BCUT2D eigenvalue weighted by atomic mass is 16.6. The molecule has 1 N–H and O–H groups in total. The van der Waals surface area contributed by atoms with E-state index in [4.69, 9.17) is 13.9 Å². The largest absolute Gasteiger partial charge is 0.486 e. The molecule has 0 bridgehead atoms. The van der Waals surface area contributed by atoms with Crippen molar-refractivity contribution in [3.05, 3.63) is 54.7 Å². The lowest BCUT2D eigenvalue weighted by atomic mass is 10.1. The summed E-state index contributed by atoms with van der Waals surface area (Å²) in [6.07, 6.45) is 5.01. The average Bonchev–Trinajstić information content (AvgIpc) is 3.30. The van der Waals surface area contributed by atoms with Crippen LogP contribution in [-0.4, -0.2) is 33.8 Å². The van der Waals surface area contributed by atoms with E-state index in [1.165, 1.54) is 6.26 Å². The molecule has 0 aliphatic carbocycles. The summed E-state index contributed by atoms with van der Waals surface area (Å²) in [5.41, 5.74) is 0.764. The number of hydrogen-bond donors (Lipinski definition) is 1. The van der Waals surface area contributed by atoms with Crippen LogP contribution in [0.2, 0.25) is 0 Å². The van der Waals surface area contributed by atoms with Crippen molar-refractivity contribution >= 4 is 5.97 Å². The van der Waals surface area contributed by atoms with Crippen molar-refractivity contribution in [2.45, 2.75) is 12.5 Å². The standard InChI is InChI=1S/C18H16N2O5/c21-18(22)14(11-13-2-1-7-23-13)20-6-5-19-17(20)12-3-4-15-16(10-12)25-9-8-24-15/h1-7,10,14H,8-9,11H2,(H,21,22)/t14-/m1/s1. The Bertz CT molecular complexity index is 885. The summed E-state index contributed by atoms with van der Waals surface area (Å²) in [6, 6.07) is 8.15. The second-order valence-corrected chi connectivity index (χ2v) is 5.65. The predicted molar refractivity (Wildman–Crippen MR) is 87.7 cm³/mol. The Kier molecular flexibility index (Phi) is 3.89. The van der Waals surface area contributed by atoms with Gasteiger partial charge in [0, 0.05) is 24.4 Å². The number of aromatic nitrogens is 2. The van der Waals surface area contributed by atoms with Gasteiger partial charge in [-0.25, -0.2) is 9.78 Å². The van der Waals surface area contributed by atoms with E-state index in [2.05, 4.69) is 4.98 Å². The van der Waals surface area contributed by atoms with Gasteiger partial charge in [-0.2, -0.15) is 0 Å². The monoisotopic (exact) mass is 340 g/mol. The Morgan fingerprint density at radius 1 is 1.24 bits per heavy atom. The highest BCUT2D eigenvalue weighted by Gasteiger charge is 2.25. The maximum atomic E-state index is 11.8. The van der Waals surface area contributed by atoms with Crippen LogP contribution in [0.4, 0.5) is 0 Å². The van der Waals surface area contributed by atoms with Crippen molar-refractivity contribution in [2.24, 2.45) is 0 Å². The fourth-order valence-electron chi connectivity index (χ4n) is 2.89. The molecule has 4 rings (SSSR count). The van der Waals surface area contributed by atoms with E-state index in [9.17, 15) is 9.90 Å². The summed E-state index contributed by atoms with van der Waals surface area (Å²) >= 11 is 0. The van der Waals surface area contributed by atoms with Gasteiger partial charge in [-0.05, 0) is 30.3 Å². The zero-order chi connectivity index (χ0) is 17.2. The molecule has 1 atom stereocenters. The second-order valence-electron chi connectivity index (χ2n) is 5.65. The Morgan fingerprint density at radius 3 is 2.84 bits per heavy atom. The van der Waals surface area contributed by atoms with E-state index in [1.807, 2.05) is 18.2 Å². The van der Waals surface area contributed by atoms with Gasteiger partial charge in [0.05, 0.1) is 6.26 Å². The van der Waals surface area contributed by atoms with E-state index in [0.29, 0.717) is 36.3 Å². The van der Waals surface area contributed by atoms with E-state index in [0.717, 1.165) is 5.56 Å². The second kappa shape index (κ2) is 6.35. The van der Waals surface area contributed by atoms with E-state index >= 15 is 0 Å². The molecular weight excluding hydrogens is 324 g/mol. The zero-order valence-corrected chi connectivity index (χ0v) is 13.3. The number of benzene rings is 1. The van der Waals surface area contributed by atoms with Crippen molar-refractivity contribution in [1.29, 1.82) is 0 Å². The lowest BCUT2D eigenvalue weighted by Gasteiger charge is -2.20. The quantitative estimate of drug-likeness (QED) is 0.768. The number of ether oxygens (including phenoxy) is 2. The summed E-state index contributed by atoms with van der Waals surface area (Å²) in [5, 5.41) is 9.67. The third-order valence-electron chi connectivity index (χ3n) is 4.06. The van der Waals surface area contributed by atoms with Crippen molar-refractivity contribution in [3.8, 4) is 22.9 Å². The highest BCUT2D eigenvalue weighted by molar-refractivity contribution is 5.74. The molecule has 0 unspecified atom stereocenters. The third-order valence-corrected chi connectivity index (χ3v) is 4.06. The van der Waals surface area contributed by atoms with Crippen molar-refractivity contribution in [3.63, 3.8) is 0 Å². The van der Waals surface area contributed by atoms with Crippen LogP contribution in [0.15, 0.2) is 53.4 Å². The SMILES string of the molecule is O=C(O)[C@@H](Cc1ccco1)n1ccnc1-c1ccc2c(c1)OCCO2. The van der Waals surface area contributed by atoms with Crippen molar-refractivity contribution < 1.29 is 23.8 Å². The maximum absolute atomic E-state index is 11.8. The molecule has 7 heteroatoms. The predicted octanol–water partition coefficient (Wildman–Crippen LogP) is 2.78. The molecule has 0 saturated heterocycles. The first-order chi connectivity index (χ1) is 12.2. The molecule has 25 heavy (non-hydrogen) atoms. The smallest absolute Gasteiger partial charge is 0.327 e. The van der Waals surface area contributed by atoms with Gasteiger partial charge in [0.25, 0.3) is 0 Å². The Balaban J connectivity index is 1.70. The number of imidazole rings is 1. The number of aliphatic carboxylic acids is 1. The molecule has 7 nitrogen and oxygen atoms in total. The van der Waals surface area contributed by atoms with Crippen LogP contribution in [0.5, 0.6) is 11.5 Å². The molecule has 0 fully saturated rings. The van der Waals surface area contributed by atoms with Gasteiger partial charge in [-0.1, -0.05) is 0 Å². The minimum atomic E-state index is -0.951. The first-order valence-electron chi connectivity index (χ1n) is 7.90. The molecular formula is C18H16N2O5. The van der Waals surface area contributed by atoms with E-state index in [-0.39, 0.29) is 6.42 Å². The number of rotatable bonds is 5. The Labute approximate surface area is 143 Å². The number of carboxylic acids is 1. The topological polar surface area (TPSA) is 86.7 Å². The average molecular weight is 340 g/mol. The maximum Gasteiger partial charge on any atom is 0.327 e. The van der Waals surface area contributed by atoms with Crippen LogP contribution in [0, 0.1) is 0 Å². The molecule has 0 radical (unpaired) electrons. The Morgan fingerprint density at radius 2 is 2.08 bits per heavy atom. The summed E-state index contributed by atoms with van der Waals surface area (Å²) in [5.74, 6) is 1.52.